The van der Waals surface area contributed by atoms with E-state index in [0.29, 0.717) is 11.5 Å². The minimum Gasteiger partial charge on any atom is -0.507 e. The third kappa shape index (κ3) is 6.94. The van der Waals surface area contributed by atoms with Gasteiger partial charge in [-0.05, 0) is 61.0 Å². The van der Waals surface area contributed by atoms with E-state index in [1.807, 2.05) is 24.3 Å². The van der Waals surface area contributed by atoms with Gasteiger partial charge in [0.25, 0.3) is 0 Å². The van der Waals surface area contributed by atoms with E-state index in [-0.39, 0.29) is 24.2 Å². The maximum Gasteiger partial charge on any atom is 0.339 e. The van der Waals surface area contributed by atoms with Gasteiger partial charge in [0.1, 0.15) is 22.3 Å². The summed E-state index contributed by atoms with van der Waals surface area (Å²) in [6, 6.07) is 9.37. The van der Waals surface area contributed by atoms with Gasteiger partial charge >= 0.3 is 5.97 Å². The fourth-order valence-corrected chi connectivity index (χ4v) is 5.99. The van der Waals surface area contributed by atoms with Crippen molar-refractivity contribution < 1.29 is 46.9 Å². The number of hydrogen-bond acceptors (Lipinski definition) is 6. The number of carbonyl (C=O) groups is 2. The summed E-state index contributed by atoms with van der Waals surface area (Å²) in [5.74, 6) is -13.3. The van der Waals surface area contributed by atoms with E-state index in [1.165, 1.54) is 12.5 Å². The van der Waals surface area contributed by atoms with Crippen LogP contribution in [0.2, 0.25) is 0 Å². The predicted molar refractivity (Wildman–Crippen MR) is 149 cm³/mol. The summed E-state index contributed by atoms with van der Waals surface area (Å²) >= 11 is 0.0431. The summed E-state index contributed by atoms with van der Waals surface area (Å²) in [6.07, 6.45) is 5.63. The summed E-state index contributed by atoms with van der Waals surface area (Å²) in [5, 5.41) is 29.7. The van der Waals surface area contributed by atoms with Crippen LogP contribution in [-0.2, 0) is 11.3 Å². The van der Waals surface area contributed by atoms with Crippen LogP contribution in [0.5, 0.6) is 5.75 Å². The number of aliphatic hydroxyl groups excluding tert-OH is 1. The fourth-order valence-electron chi connectivity index (χ4n) is 5.08. The molecule has 43 heavy (non-hydrogen) atoms. The van der Waals surface area contributed by atoms with Crippen molar-refractivity contribution in [3.8, 4) is 5.75 Å². The van der Waals surface area contributed by atoms with Gasteiger partial charge in [-0.3, -0.25) is 4.79 Å². The number of hydrogen-bond donors (Lipinski definition) is 3. The van der Waals surface area contributed by atoms with Crippen molar-refractivity contribution in [3.05, 3.63) is 88.2 Å². The molecule has 0 aromatic heterocycles. The molecule has 0 aliphatic heterocycles. The topological polar surface area (TPSA) is 101 Å². The number of likely N-dealkylation sites (N-methyl/N-ethyl adjacent to an activating group) is 1. The highest BCUT2D eigenvalue weighted by Gasteiger charge is 2.33. The Hall–Kier alpha value is -3.68. The van der Waals surface area contributed by atoms with Crippen LogP contribution in [0.4, 0.5) is 27.6 Å². The van der Waals surface area contributed by atoms with Crippen LogP contribution in [0, 0.1) is 29.1 Å². The molecular weight excluding hydrogens is 595 g/mol. The monoisotopic (exact) mass is 624 g/mol. The first-order chi connectivity index (χ1) is 20.4. The number of aromatic hydroxyl groups is 1. The van der Waals surface area contributed by atoms with E-state index >= 15 is 0 Å². The maximum atomic E-state index is 14.4. The van der Waals surface area contributed by atoms with Crippen molar-refractivity contribution in [2.24, 2.45) is 0 Å². The normalized spacial score (nSPS) is 14.6. The number of carboxylic acid groups (broad SMARTS) is 1. The van der Waals surface area contributed by atoms with Crippen LogP contribution in [0.1, 0.15) is 59.5 Å². The molecule has 1 fully saturated rings. The standard InChI is InChI=1S/C30H29F5N2O5S/c1-36(43-28-26(34)24(32)23(31)25(33)27(28)35)21(15-38)29(40)37(19-11-12-20(30(41)42)22(39)13-19)14-16-7-9-18(10-8-16)17-5-3-2-4-6-17/h7-13,17,21,38-39H,2-6,14-15H2,1H3,(H,41,42). The molecule has 0 saturated heterocycles. The average Bonchev–Trinajstić information content (AvgIpc) is 3.00. The van der Waals surface area contributed by atoms with Crippen molar-refractivity contribution in [2.75, 3.05) is 18.6 Å². The number of carbonyl (C=O) groups excluding carboxylic acids is 1. The molecule has 1 amide bonds. The highest BCUT2D eigenvalue weighted by atomic mass is 32.2. The van der Waals surface area contributed by atoms with Gasteiger partial charge in [0, 0.05) is 11.8 Å². The molecule has 1 saturated carbocycles. The van der Waals surface area contributed by atoms with Gasteiger partial charge in [-0.15, -0.1) is 0 Å². The molecule has 7 nitrogen and oxygen atoms in total. The largest absolute Gasteiger partial charge is 0.507 e. The number of carboxylic acids is 1. The number of aromatic carboxylic acids is 1. The molecule has 13 heteroatoms. The van der Waals surface area contributed by atoms with E-state index in [1.54, 1.807) is 0 Å². The summed E-state index contributed by atoms with van der Waals surface area (Å²) in [6.45, 7) is -1.04. The van der Waals surface area contributed by atoms with E-state index in [4.69, 9.17) is 0 Å². The van der Waals surface area contributed by atoms with Crippen LogP contribution >= 0.6 is 11.9 Å². The van der Waals surface area contributed by atoms with Gasteiger partial charge in [-0.25, -0.2) is 31.1 Å². The molecule has 3 N–H and O–H groups in total. The number of amides is 1. The molecule has 230 valence electrons. The zero-order valence-electron chi connectivity index (χ0n) is 23.0. The summed E-state index contributed by atoms with van der Waals surface area (Å²) in [5.41, 5.74) is 1.40. The van der Waals surface area contributed by atoms with Crippen molar-refractivity contribution in [1.82, 2.24) is 4.31 Å². The number of benzene rings is 3. The smallest absolute Gasteiger partial charge is 0.339 e. The van der Waals surface area contributed by atoms with Gasteiger partial charge in [0.15, 0.2) is 23.3 Å². The van der Waals surface area contributed by atoms with E-state index in [2.05, 4.69) is 0 Å². The van der Waals surface area contributed by atoms with Crippen molar-refractivity contribution in [2.45, 2.75) is 55.5 Å². The van der Waals surface area contributed by atoms with Crippen LogP contribution in [-0.4, -0.2) is 51.2 Å². The SMILES string of the molecule is CN(Sc1c(F)c(F)c(F)c(F)c1F)C(CO)C(=O)N(Cc1ccc(C2CCCCC2)cc1)c1ccc(C(=O)O)c(O)c1. The molecule has 0 heterocycles. The first-order valence-corrected chi connectivity index (χ1v) is 14.2. The maximum absolute atomic E-state index is 14.4. The summed E-state index contributed by atoms with van der Waals surface area (Å²) in [7, 11) is 1.13. The Balaban J connectivity index is 1.66. The van der Waals surface area contributed by atoms with Gasteiger partial charge in [-0.1, -0.05) is 43.5 Å². The Labute approximate surface area is 248 Å². The Bertz CT molecular complexity index is 1470. The van der Waals surface area contributed by atoms with E-state index < -0.39 is 69.8 Å². The summed E-state index contributed by atoms with van der Waals surface area (Å²) < 4.78 is 70.6. The molecule has 0 spiro atoms. The quantitative estimate of drug-likeness (QED) is 0.104. The molecule has 4 rings (SSSR count). The second-order valence-corrected chi connectivity index (χ2v) is 11.4. The second-order valence-electron chi connectivity index (χ2n) is 10.2. The molecular formula is C30H29F5N2O5S. The highest BCUT2D eigenvalue weighted by Crippen LogP contribution is 2.35. The molecule has 1 atom stereocenters. The van der Waals surface area contributed by atoms with Crippen molar-refractivity contribution >= 4 is 29.5 Å². The van der Waals surface area contributed by atoms with Gasteiger partial charge in [0.05, 0.1) is 13.2 Å². The average molecular weight is 625 g/mol. The number of halogens is 5. The zero-order valence-corrected chi connectivity index (χ0v) is 23.8. The first kappa shape index (κ1) is 32.2. The van der Waals surface area contributed by atoms with Crippen molar-refractivity contribution in [1.29, 1.82) is 0 Å². The van der Waals surface area contributed by atoms with Crippen LogP contribution in [0.3, 0.4) is 0 Å². The Morgan fingerprint density at radius 2 is 1.49 bits per heavy atom. The van der Waals surface area contributed by atoms with E-state index in [9.17, 15) is 46.9 Å². The Morgan fingerprint density at radius 1 is 0.907 bits per heavy atom. The molecule has 1 unspecified atom stereocenters. The third-order valence-corrected chi connectivity index (χ3v) is 8.57. The van der Waals surface area contributed by atoms with Gasteiger partial charge < -0.3 is 20.2 Å². The third-order valence-electron chi connectivity index (χ3n) is 7.49. The Kier molecular flexibility index (Phi) is 10.3. The summed E-state index contributed by atoms with van der Waals surface area (Å²) in [4.78, 5) is 25.1. The molecule has 3 aromatic rings. The van der Waals surface area contributed by atoms with Crippen LogP contribution < -0.4 is 4.90 Å². The first-order valence-electron chi connectivity index (χ1n) is 13.4. The number of anilines is 1. The van der Waals surface area contributed by atoms with Crippen LogP contribution in [0.25, 0.3) is 0 Å². The number of aliphatic hydroxyl groups is 1. The minimum absolute atomic E-state index is 0.0388. The van der Waals surface area contributed by atoms with Gasteiger partial charge in [-0.2, -0.15) is 0 Å². The lowest BCUT2D eigenvalue weighted by molar-refractivity contribution is -0.123. The van der Waals surface area contributed by atoms with Crippen LogP contribution in [0.15, 0.2) is 47.4 Å². The molecule has 1 aliphatic carbocycles. The molecule has 1 aliphatic rings. The number of nitrogens with zero attached hydrogens (tertiary/aromatic N) is 2. The van der Waals surface area contributed by atoms with Gasteiger partial charge in [0.2, 0.25) is 11.7 Å². The molecule has 3 aromatic carbocycles. The fraction of sp³-hybridized carbons (Fsp3) is 0.333. The number of rotatable bonds is 10. The van der Waals surface area contributed by atoms with E-state index in [0.717, 1.165) is 59.6 Å². The zero-order chi connectivity index (χ0) is 31.4. The highest BCUT2D eigenvalue weighted by molar-refractivity contribution is 7.97. The Morgan fingerprint density at radius 3 is 2.02 bits per heavy atom. The molecule has 0 bridgehead atoms. The minimum atomic E-state index is -2.33. The lowest BCUT2D eigenvalue weighted by Gasteiger charge is -2.31. The lowest BCUT2D eigenvalue weighted by Crippen LogP contribution is -2.47. The second kappa shape index (κ2) is 13.7. The lowest BCUT2D eigenvalue weighted by atomic mass is 9.84. The molecule has 0 radical (unpaired) electrons. The number of phenols is 1. The predicted octanol–water partition coefficient (Wildman–Crippen LogP) is 6.37. The van der Waals surface area contributed by atoms with Crippen molar-refractivity contribution in [3.63, 3.8) is 0 Å².